The summed E-state index contributed by atoms with van der Waals surface area (Å²) in [5, 5.41) is 2.91. The Bertz CT molecular complexity index is 466. The minimum absolute atomic E-state index is 0. The minimum atomic E-state index is -0.0575. The molecule has 0 spiro atoms. The Morgan fingerprint density at radius 1 is 1.40 bits per heavy atom. The zero-order valence-corrected chi connectivity index (χ0v) is 12.2. The Balaban J connectivity index is 0.00000220. The number of nitrogens with one attached hydrogen (secondary N) is 1. The first-order chi connectivity index (χ1) is 9.61. The van der Waals surface area contributed by atoms with Gasteiger partial charge in [0, 0.05) is 26.5 Å². The fourth-order valence-electron chi connectivity index (χ4n) is 2.48. The second-order valence-electron chi connectivity index (χ2n) is 5.16. The average Bonchev–Trinajstić information content (AvgIpc) is 2.80. The number of morpholine rings is 1. The van der Waals surface area contributed by atoms with Crippen molar-refractivity contribution in [2.75, 3.05) is 32.8 Å². The van der Waals surface area contributed by atoms with Gasteiger partial charge in [-0.05, 0) is 18.9 Å². The Morgan fingerprint density at radius 2 is 2.10 bits per heavy atom. The second-order valence-corrected chi connectivity index (χ2v) is 5.16. The van der Waals surface area contributed by atoms with Crippen molar-refractivity contribution in [3.05, 3.63) is 22.9 Å². The highest BCUT2D eigenvalue weighted by Crippen LogP contribution is 2.25. The Morgan fingerprint density at radius 3 is 2.75 bits per heavy atom. The van der Waals surface area contributed by atoms with E-state index in [1.54, 1.807) is 0 Å². The third-order valence-corrected chi connectivity index (χ3v) is 3.70. The van der Waals surface area contributed by atoms with E-state index in [0.29, 0.717) is 32.6 Å². The van der Waals surface area contributed by atoms with Crippen LogP contribution < -0.4 is 5.32 Å². The Labute approximate surface area is 121 Å². The molecule has 0 radical (unpaired) electrons. The molecule has 1 aliphatic carbocycles. The number of Topliss-reactive ketones (excluding diaryl/α,β-unsaturated/α-hetero) is 1. The van der Waals surface area contributed by atoms with E-state index in [2.05, 4.69) is 10.2 Å². The SMILES string of the molecule is CCC(=O)C1=C(NC(=O)CN2CCOCC2)C(C)=CC1.[HH]. The van der Waals surface area contributed by atoms with Gasteiger partial charge in [-0.15, -0.1) is 0 Å². The van der Waals surface area contributed by atoms with Crippen molar-refractivity contribution in [2.45, 2.75) is 26.7 Å². The Kier molecular flexibility index (Phi) is 5.09. The number of allylic oxidation sites excluding steroid dienone is 3. The number of hydrogen-bond donors (Lipinski definition) is 1. The van der Waals surface area contributed by atoms with Crippen LogP contribution in [0.25, 0.3) is 0 Å². The summed E-state index contributed by atoms with van der Waals surface area (Å²) in [5.74, 6) is 0.0534. The van der Waals surface area contributed by atoms with Gasteiger partial charge in [0.25, 0.3) is 0 Å². The number of hydrogen-bond acceptors (Lipinski definition) is 4. The maximum atomic E-state index is 12.1. The summed E-state index contributed by atoms with van der Waals surface area (Å²) in [6.45, 7) is 7.04. The van der Waals surface area contributed by atoms with Crippen molar-refractivity contribution in [3.63, 3.8) is 0 Å². The molecular weight excluding hydrogens is 256 g/mol. The number of nitrogens with zero attached hydrogens (tertiary/aromatic N) is 1. The fraction of sp³-hybridized carbons (Fsp3) is 0.600. The summed E-state index contributed by atoms with van der Waals surface area (Å²) < 4.78 is 5.26. The summed E-state index contributed by atoms with van der Waals surface area (Å²) in [7, 11) is 0. The predicted octanol–water partition coefficient (Wildman–Crippen LogP) is 1.26. The first-order valence-electron chi connectivity index (χ1n) is 7.15. The van der Waals surface area contributed by atoms with Gasteiger partial charge < -0.3 is 10.1 Å². The molecule has 1 aliphatic heterocycles. The van der Waals surface area contributed by atoms with E-state index in [4.69, 9.17) is 4.74 Å². The van der Waals surface area contributed by atoms with Crippen LogP contribution >= 0.6 is 0 Å². The molecule has 2 aliphatic rings. The zero-order valence-electron chi connectivity index (χ0n) is 12.2. The van der Waals surface area contributed by atoms with Gasteiger partial charge in [-0.3, -0.25) is 14.5 Å². The van der Waals surface area contributed by atoms with Gasteiger partial charge in [0.1, 0.15) is 0 Å². The molecule has 1 amide bonds. The molecule has 0 aromatic rings. The molecule has 0 saturated carbocycles. The lowest BCUT2D eigenvalue weighted by molar-refractivity contribution is -0.122. The van der Waals surface area contributed by atoms with Crippen molar-refractivity contribution in [1.82, 2.24) is 10.2 Å². The van der Waals surface area contributed by atoms with E-state index in [1.165, 1.54) is 0 Å². The third kappa shape index (κ3) is 3.55. The fourth-order valence-corrected chi connectivity index (χ4v) is 2.48. The maximum Gasteiger partial charge on any atom is 0.238 e. The molecule has 5 heteroatoms. The van der Waals surface area contributed by atoms with Gasteiger partial charge >= 0.3 is 0 Å². The molecule has 5 nitrogen and oxygen atoms in total. The highest BCUT2D eigenvalue weighted by Gasteiger charge is 2.22. The molecule has 0 atom stereocenters. The summed E-state index contributed by atoms with van der Waals surface area (Å²) in [5.41, 5.74) is 2.44. The average molecular weight is 280 g/mol. The molecule has 1 heterocycles. The molecule has 0 bridgehead atoms. The van der Waals surface area contributed by atoms with Crippen molar-refractivity contribution in [3.8, 4) is 0 Å². The molecule has 1 fully saturated rings. The third-order valence-electron chi connectivity index (χ3n) is 3.70. The summed E-state index contributed by atoms with van der Waals surface area (Å²) in [4.78, 5) is 26.0. The molecule has 0 aromatic heterocycles. The smallest absolute Gasteiger partial charge is 0.238 e. The lowest BCUT2D eigenvalue weighted by Gasteiger charge is -2.26. The maximum absolute atomic E-state index is 12.1. The van der Waals surface area contributed by atoms with Crippen LogP contribution in [-0.2, 0) is 14.3 Å². The number of rotatable bonds is 5. The van der Waals surface area contributed by atoms with Crippen LogP contribution in [0.3, 0.4) is 0 Å². The lowest BCUT2D eigenvalue weighted by atomic mass is 10.1. The quantitative estimate of drug-likeness (QED) is 0.824. The van der Waals surface area contributed by atoms with Crippen LogP contribution in [0.15, 0.2) is 22.9 Å². The van der Waals surface area contributed by atoms with Crippen molar-refractivity contribution >= 4 is 11.7 Å². The first kappa shape index (κ1) is 14.9. The van der Waals surface area contributed by atoms with Gasteiger partial charge in [-0.1, -0.05) is 13.0 Å². The highest BCUT2D eigenvalue weighted by molar-refractivity contribution is 5.98. The molecule has 2 rings (SSSR count). The number of carbonyl (C=O) groups is 2. The molecular formula is C15H24N2O3. The molecule has 0 aromatic carbocycles. The number of carbonyl (C=O) groups excluding carboxylic acids is 2. The van der Waals surface area contributed by atoms with Crippen LogP contribution in [0.1, 0.15) is 28.1 Å². The van der Waals surface area contributed by atoms with E-state index in [9.17, 15) is 9.59 Å². The topological polar surface area (TPSA) is 58.6 Å². The van der Waals surface area contributed by atoms with E-state index in [-0.39, 0.29) is 13.1 Å². The van der Waals surface area contributed by atoms with Gasteiger partial charge in [0.2, 0.25) is 5.91 Å². The minimum Gasteiger partial charge on any atom is -0.379 e. The highest BCUT2D eigenvalue weighted by atomic mass is 16.5. The van der Waals surface area contributed by atoms with Crippen LogP contribution in [0.2, 0.25) is 0 Å². The van der Waals surface area contributed by atoms with E-state index < -0.39 is 0 Å². The van der Waals surface area contributed by atoms with Crippen LogP contribution in [0.4, 0.5) is 0 Å². The molecule has 20 heavy (non-hydrogen) atoms. The predicted molar refractivity (Wildman–Crippen MR) is 78.2 cm³/mol. The molecule has 1 N–H and O–H groups in total. The normalized spacial score (nSPS) is 20.0. The molecule has 0 unspecified atom stereocenters. The number of ketones is 1. The van der Waals surface area contributed by atoms with Gasteiger partial charge in [-0.2, -0.15) is 0 Å². The van der Waals surface area contributed by atoms with Gasteiger partial charge in [-0.25, -0.2) is 0 Å². The van der Waals surface area contributed by atoms with Crippen molar-refractivity contribution < 1.29 is 15.8 Å². The summed E-state index contributed by atoms with van der Waals surface area (Å²) >= 11 is 0. The van der Waals surface area contributed by atoms with Crippen molar-refractivity contribution in [2.24, 2.45) is 0 Å². The van der Waals surface area contributed by atoms with Crippen LogP contribution in [-0.4, -0.2) is 49.4 Å². The van der Waals surface area contributed by atoms with E-state index in [0.717, 1.165) is 29.9 Å². The lowest BCUT2D eigenvalue weighted by Crippen LogP contribution is -2.43. The molecule has 1 saturated heterocycles. The zero-order chi connectivity index (χ0) is 14.5. The monoisotopic (exact) mass is 280 g/mol. The molecule has 112 valence electrons. The van der Waals surface area contributed by atoms with Gasteiger partial charge in [0.05, 0.1) is 25.5 Å². The second kappa shape index (κ2) is 6.81. The standard InChI is InChI=1S/C15H22N2O3.H2/c1-3-13(18)12-5-4-11(2)15(12)16-14(19)10-17-6-8-20-9-7-17;/h4H,3,5-10H2,1-2H3,(H,16,19);1H. The van der Waals surface area contributed by atoms with Crippen LogP contribution in [0, 0.1) is 0 Å². The number of amides is 1. The van der Waals surface area contributed by atoms with E-state index in [1.807, 2.05) is 19.9 Å². The first-order valence-corrected chi connectivity index (χ1v) is 7.15. The van der Waals surface area contributed by atoms with Crippen LogP contribution in [0.5, 0.6) is 0 Å². The van der Waals surface area contributed by atoms with Crippen molar-refractivity contribution in [1.29, 1.82) is 0 Å². The largest absolute Gasteiger partial charge is 0.379 e. The summed E-state index contributed by atoms with van der Waals surface area (Å²) in [6, 6.07) is 0. The summed E-state index contributed by atoms with van der Waals surface area (Å²) in [6.07, 6.45) is 3.10. The van der Waals surface area contributed by atoms with Gasteiger partial charge in [0.15, 0.2) is 5.78 Å². The number of ether oxygens (including phenoxy) is 1. The Hall–Kier alpha value is -1.46. The van der Waals surface area contributed by atoms with E-state index >= 15 is 0 Å².